The molecule has 1 N–H and O–H groups in total. The highest BCUT2D eigenvalue weighted by Gasteiger charge is 2.09. The van der Waals surface area contributed by atoms with Crippen molar-refractivity contribution in [2.75, 3.05) is 5.32 Å². The van der Waals surface area contributed by atoms with Crippen molar-refractivity contribution >= 4 is 34.3 Å². The summed E-state index contributed by atoms with van der Waals surface area (Å²) in [7, 11) is 0. The Kier molecular flexibility index (Phi) is 3.71. The molecule has 0 saturated carbocycles. The first-order valence-corrected chi connectivity index (χ1v) is 6.68. The number of para-hydroxylation sites is 1. The molecule has 0 bridgehead atoms. The maximum Gasteiger partial charge on any atom is 0.417 e. The van der Waals surface area contributed by atoms with Crippen molar-refractivity contribution < 1.29 is 9.53 Å². The number of pyridine rings is 1. The molecule has 3 rings (SSSR count). The number of benzene rings is 2. The van der Waals surface area contributed by atoms with Crippen LogP contribution in [0.2, 0.25) is 5.02 Å². The number of hydrogen-bond donors (Lipinski definition) is 1. The Morgan fingerprint density at radius 3 is 2.62 bits per heavy atom. The molecule has 0 radical (unpaired) electrons. The van der Waals surface area contributed by atoms with E-state index in [2.05, 4.69) is 10.3 Å². The molecule has 0 atom stereocenters. The zero-order valence-corrected chi connectivity index (χ0v) is 11.7. The van der Waals surface area contributed by atoms with Crippen LogP contribution in [0.5, 0.6) is 5.75 Å². The summed E-state index contributed by atoms with van der Waals surface area (Å²) in [6.07, 6.45) is 1.09. The van der Waals surface area contributed by atoms with E-state index in [-0.39, 0.29) is 0 Å². The van der Waals surface area contributed by atoms with Gasteiger partial charge in [0.25, 0.3) is 0 Å². The third-order valence-electron chi connectivity index (χ3n) is 2.89. The summed E-state index contributed by atoms with van der Waals surface area (Å²) in [6.45, 7) is 0. The summed E-state index contributed by atoms with van der Waals surface area (Å²) < 4.78 is 5.32. The molecule has 1 amide bonds. The molecular weight excluding hydrogens is 288 g/mol. The van der Waals surface area contributed by atoms with Crippen molar-refractivity contribution in [3.8, 4) is 5.75 Å². The molecule has 0 aliphatic heterocycles. The fourth-order valence-electron chi connectivity index (χ4n) is 1.94. The van der Waals surface area contributed by atoms with Crippen LogP contribution in [0.15, 0.2) is 60.8 Å². The van der Waals surface area contributed by atoms with Gasteiger partial charge in [0.2, 0.25) is 0 Å². The molecule has 0 aliphatic rings. The van der Waals surface area contributed by atoms with Crippen LogP contribution in [0.3, 0.4) is 0 Å². The van der Waals surface area contributed by atoms with Crippen LogP contribution in [0.1, 0.15) is 0 Å². The maximum absolute atomic E-state index is 11.9. The van der Waals surface area contributed by atoms with Crippen LogP contribution in [-0.4, -0.2) is 11.1 Å². The second kappa shape index (κ2) is 5.81. The number of rotatable bonds is 2. The van der Waals surface area contributed by atoms with Gasteiger partial charge in [-0.15, -0.1) is 0 Å². The van der Waals surface area contributed by atoms with E-state index in [4.69, 9.17) is 16.3 Å². The van der Waals surface area contributed by atoms with Gasteiger partial charge in [-0.1, -0.05) is 29.8 Å². The van der Waals surface area contributed by atoms with E-state index in [1.54, 1.807) is 36.5 Å². The molecule has 2 aromatic carbocycles. The summed E-state index contributed by atoms with van der Waals surface area (Å²) in [5.41, 5.74) is 1.25. The Labute approximate surface area is 126 Å². The Hall–Kier alpha value is -2.59. The molecule has 1 aromatic heterocycles. The largest absolute Gasteiger partial charge is 0.417 e. The second-order valence-corrected chi connectivity index (χ2v) is 4.79. The predicted octanol–water partition coefficient (Wildman–Crippen LogP) is 4.50. The normalized spacial score (nSPS) is 10.3. The van der Waals surface area contributed by atoms with E-state index in [0.717, 1.165) is 5.39 Å². The van der Waals surface area contributed by atoms with Crippen molar-refractivity contribution in [2.45, 2.75) is 0 Å². The van der Waals surface area contributed by atoms with Gasteiger partial charge in [0.05, 0.1) is 0 Å². The number of hydrogen-bond acceptors (Lipinski definition) is 3. The predicted molar refractivity (Wildman–Crippen MR) is 82.8 cm³/mol. The van der Waals surface area contributed by atoms with Crippen LogP contribution < -0.4 is 10.1 Å². The van der Waals surface area contributed by atoms with Crippen molar-refractivity contribution in [1.82, 2.24) is 4.98 Å². The van der Waals surface area contributed by atoms with Crippen molar-refractivity contribution in [2.24, 2.45) is 0 Å². The van der Waals surface area contributed by atoms with Gasteiger partial charge >= 0.3 is 6.09 Å². The maximum atomic E-state index is 11.9. The minimum absolute atomic E-state index is 0.416. The highest BCUT2D eigenvalue weighted by molar-refractivity contribution is 6.30. The number of aromatic nitrogens is 1. The van der Waals surface area contributed by atoms with Gasteiger partial charge in [0, 0.05) is 22.3 Å². The molecule has 0 spiro atoms. The van der Waals surface area contributed by atoms with Gasteiger partial charge < -0.3 is 4.74 Å². The summed E-state index contributed by atoms with van der Waals surface area (Å²) in [6, 6.07) is 16.0. The number of carbonyl (C=O) groups excluding carboxylic acids is 1. The summed E-state index contributed by atoms with van der Waals surface area (Å²) in [4.78, 5) is 16.1. The summed E-state index contributed by atoms with van der Waals surface area (Å²) >= 11 is 5.79. The molecule has 0 unspecified atom stereocenters. The third kappa shape index (κ3) is 3.12. The monoisotopic (exact) mass is 298 g/mol. The average molecular weight is 299 g/mol. The van der Waals surface area contributed by atoms with E-state index in [0.29, 0.717) is 22.0 Å². The Morgan fingerprint density at radius 2 is 1.81 bits per heavy atom. The number of fused-ring (bicyclic) bond motifs is 1. The average Bonchev–Trinajstić information content (AvgIpc) is 2.50. The van der Waals surface area contributed by atoms with E-state index in [1.165, 1.54) is 0 Å². The molecule has 3 aromatic rings. The van der Waals surface area contributed by atoms with E-state index < -0.39 is 6.09 Å². The number of halogens is 1. The Balaban J connectivity index is 1.79. The molecule has 5 heteroatoms. The molecule has 0 saturated heterocycles. The van der Waals surface area contributed by atoms with Crippen LogP contribution >= 0.6 is 11.6 Å². The number of amides is 1. The Bertz CT molecular complexity index is 782. The van der Waals surface area contributed by atoms with Crippen molar-refractivity contribution in [3.63, 3.8) is 0 Å². The lowest BCUT2D eigenvalue weighted by Crippen LogP contribution is -2.16. The standard InChI is InChI=1S/C16H11ClN2O2/c17-12-6-8-13(9-7-12)19-16(20)21-14-5-1-3-11-4-2-10-18-15(11)14/h1-10H,(H,19,20). The molecule has 21 heavy (non-hydrogen) atoms. The number of nitrogens with one attached hydrogen (secondary N) is 1. The van der Waals surface area contributed by atoms with Crippen LogP contribution in [0, 0.1) is 0 Å². The van der Waals surface area contributed by atoms with Gasteiger partial charge in [0.15, 0.2) is 5.75 Å². The van der Waals surface area contributed by atoms with Gasteiger partial charge in [0.1, 0.15) is 5.52 Å². The lowest BCUT2D eigenvalue weighted by Gasteiger charge is -2.08. The van der Waals surface area contributed by atoms with Gasteiger partial charge in [-0.25, -0.2) is 4.79 Å². The van der Waals surface area contributed by atoms with Gasteiger partial charge in [-0.2, -0.15) is 0 Å². The number of nitrogens with zero attached hydrogens (tertiary/aromatic N) is 1. The minimum atomic E-state index is -0.574. The summed E-state index contributed by atoms with van der Waals surface area (Å²) in [5, 5.41) is 4.15. The zero-order valence-electron chi connectivity index (χ0n) is 10.9. The van der Waals surface area contributed by atoms with E-state index in [1.807, 2.05) is 24.3 Å². The van der Waals surface area contributed by atoms with Gasteiger partial charge in [-0.05, 0) is 36.4 Å². The highest BCUT2D eigenvalue weighted by Crippen LogP contribution is 2.23. The van der Waals surface area contributed by atoms with Gasteiger partial charge in [-0.3, -0.25) is 10.3 Å². The Morgan fingerprint density at radius 1 is 1.05 bits per heavy atom. The molecule has 104 valence electrons. The quantitative estimate of drug-likeness (QED) is 0.758. The fourth-order valence-corrected chi connectivity index (χ4v) is 2.06. The molecule has 1 heterocycles. The zero-order chi connectivity index (χ0) is 14.7. The highest BCUT2D eigenvalue weighted by atomic mass is 35.5. The molecule has 0 aliphatic carbocycles. The lowest BCUT2D eigenvalue weighted by atomic mass is 10.2. The first-order valence-electron chi connectivity index (χ1n) is 6.30. The summed E-state index contributed by atoms with van der Waals surface area (Å²) in [5.74, 6) is 0.416. The SMILES string of the molecule is O=C(Nc1ccc(Cl)cc1)Oc1cccc2cccnc12. The number of carbonyl (C=O) groups is 1. The third-order valence-corrected chi connectivity index (χ3v) is 3.14. The van der Waals surface area contributed by atoms with Crippen molar-refractivity contribution in [3.05, 3.63) is 65.8 Å². The smallest absolute Gasteiger partial charge is 0.408 e. The van der Waals surface area contributed by atoms with Crippen molar-refractivity contribution in [1.29, 1.82) is 0 Å². The molecule has 4 nitrogen and oxygen atoms in total. The number of anilines is 1. The second-order valence-electron chi connectivity index (χ2n) is 4.35. The molecule has 0 fully saturated rings. The van der Waals surface area contributed by atoms with Crippen LogP contribution in [0.4, 0.5) is 10.5 Å². The van der Waals surface area contributed by atoms with Crippen LogP contribution in [0.25, 0.3) is 10.9 Å². The number of ether oxygens (including phenoxy) is 1. The lowest BCUT2D eigenvalue weighted by molar-refractivity contribution is 0.215. The topological polar surface area (TPSA) is 51.2 Å². The first kappa shape index (κ1) is 13.4. The minimum Gasteiger partial charge on any atom is -0.408 e. The fraction of sp³-hybridized carbons (Fsp3) is 0. The van der Waals surface area contributed by atoms with Crippen LogP contribution in [-0.2, 0) is 0 Å². The van der Waals surface area contributed by atoms with E-state index >= 15 is 0 Å². The first-order chi connectivity index (χ1) is 10.2. The molecular formula is C16H11ClN2O2. The van der Waals surface area contributed by atoms with E-state index in [9.17, 15) is 4.79 Å².